The molecular weight excluding hydrogens is 466 g/mol. The van der Waals surface area contributed by atoms with Gasteiger partial charge in [0.2, 0.25) is 5.95 Å². The normalized spacial score (nSPS) is 13.9. The molecule has 168 valence electrons. The third kappa shape index (κ3) is 4.24. The summed E-state index contributed by atoms with van der Waals surface area (Å²) in [6.45, 7) is 1.65. The smallest absolute Gasteiger partial charge is 0.324 e. The van der Waals surface area contributed by atoms with Gasteiger partial charge in [0.1, 0.15) is 5.82 Å². The van der Waals surface area contributed by atoms with Crippen LogP contribution in [0.2, 0.25) is 5.02 Å². The Balaban J connectivity index is 1.57. The molecule has 0 radical (unpaired) electrons. The van der Waals surface area contributed by atoms with Gasteiger partial charge in [-0.25, -0.2) is 4.68 Å². The lowest BCUT2D eigenvalue weighted by molar-refractivity contribution is -0.380. The van der Waals surface area contributed by atoms with Gasteiger partial charge >= 0.3 is 5.00 Å². The number of piperidine rings is 1. The zero-order valence-corrected chi connectivity index (χ0v) is 18.8. The van der Waals surface area contributed by atoms with Crippen molar-refractivity contribution in [3.05, 3.63) is 62.6 Å². The van der Waals surface area contributed by atoms with Gasteiger partial charge < -0.3 is 10.2 Å². The van der Waals surface area contributed by atoms with Crippen molar-refractivity contribution < 1.29 is 9.72 Å². The minimum Gasteiger partial charge on any atom is -0.341 e. The van der Waals surface area contributed by atoms with Crippen molar-refractivity contribution in [1.29, 1.82) is 0 Å². The summed E-state index contributed by atoms with van der Waals surface area (Å²) in [5.74, 6) is 0.337. The van der Waals surface area contributed by atoms with Gasteiger partial charge in [-0.1, -0.05) is 22.9 Å². The molecule has 1 amide bonds. The molecule has 1 saturated heterocycles. The first-order valence-corrected chi connectivity index (χ1v) is 11.5. The molecular formula is C21H18ClN7O3S. The molecule has 33 heavy (non-hydrogen) atoms. The van der Waals surface area contributed by atoms with Crippen molar-refractivity contribution in [1.82, 2.24) is 19.7 Å². The van der Waals surface area contributed by atoms with E-state index >= 15 is 0 Å². The number of carbonyl (C=O) groups excluding carboxylic acids is 1. The van der Waals surface area contributed by atoms with E-state index in [4.69, 9.17) is 16.6 Å². The van der Waals surface area contributed by atoms with E-state index in [0.717, 1.165) is 49.4 Å². The summed E-state index contributed by atoms with van der Waals surface area (Å²) in [5, 5.41) is 19.3. The maximum Gasteiger partial charge on any atom is 0.324 e. The fraction of sp³-hybridized carbons (Fsp3) is 0.238. The van der Waals surface area contributed by atoms with Gasteiger partial charge in [0.15, 0.2) is 5.65 Å². The molecule has 4 heterocycles. The largest absolute Gasteiger partial charge is 0.341 e. The van der Waals surface area contributed by atoms with E-state index in [1.54, 1.807) is 23.0 Å². The number of amides is 1. The summed E-state index contributed by atoms with van der Waals surface area (Å²) >= 11 is 6.84. The third-order valence-electron chi connectivity index (χ3n) is 5.35. The van der Waals surface area contributed by atoms with E-state index in [0.29, 0.717) is 27.8 Å². The second kappa shape index (κ2) is 8.75. The number of carbonyl (C=O) groups is 1. The predicted octanol–water partition coefficient (Wildman–Crippen LogP) is 4.68. The van der Waals surface area contributed by atoms with Crippen LogP contribution in [0.25, 0.3) is 16.7 Å². The number of thiophene rings is 1. The van der Waals surface area contributed by atoms with E-state index < -0.39 is 10.8 Å². The summed E-state index contributed by atoms with van der Waals surface area (Å²) in [6, 6.07) is 9.94. The molecule has 1 aromatic carbocycles. The maximum absolute atomic E-state index is 12.9. The van der Waals surface area contributed by atoms with Gasteiger partial charge in [-0.15, -0.1) is 0 Å². The first kappa shape index (κ1) is 21.3. The number of hydrogen-bond acceptors (Lipinski definition) is 8. The Bertz CT molecular complexity index is 1350. The zero-order chi connectivity index (χ0) is 22.9. The highest BCUT2D eigenvalue weighted by atomic mass is 35.5. The Kier molecular flexibility index (Phi) is 5.65. The summed E-state index contributed by atoms with van der Waals surface area (Å²) < 4.78 is 1.67. The van der Waals surface area contributed by atoms with Crippen molar-refractivity contribution in [3.8, 4) is 5.69 Å². The number of aromatic nitrogens is 4. The summed E-state index contributed by atoms with van der Waals surface area (Å²) in [6.07, 6.45) is 4.83. The fourth-order valence-corrected chi connectivity index (χ4v) is 4.56. The van der Waals surface area contributed by atoms with Gasteiger partial charge in [0.25, 0.3) is 5.91 Å². The highest BCUT2D eigenvalue weighted by molar-refractivity contribution is 7.17. The van der Waals surface area contributed by atoms with Gasteiger partial charge in [-0.2, -0.15) is 15.1 Å². The van der Waals surface area contributed by atoms with E-state index in [1.807, 2.05) is 12.1 Å². The lowest BCUT2D eigenvalue weighted by Crippen LogP contribution is -2.31. The summed E-state index contributed by atoms with van der Waals surface area (Å²) in [7, 11) is 0. The van der Waals surface area contributed by atoms with Gasteiger partial charge in [-0.3, -0.25) is 14.9 Å². The molecule has 5 rings (SSSR count). The highest BCUT2D eigenvalue weighted by Crippen LogP contribution is 2.29. The number of hydrogen-bond donors (Lipinski definition) is 1. The van der Waals surface area contributed by atoms with E-state index in [2.05, 4.69) is 20.3 Å². The molecule has 0 aliphatic carbocycles. The summed E-state index contributed by atoms with van der Waals surface area (Å²) in [5.41, 5.74) is 1.31. The second-order valence-electron chi connectivity index (χ2n) is 7.54. The topological polar surface area (TPSA) is 119 Å². The molecule has 4 aromatic rings. The van der Waals surface area contributed by atoms with Crippen LogP contribution in [0.1, 0.15) is 28.9 Å². The molecule has 3 aromatic heterocycles. The Labute approximate surface area is 197 Å². The van der Waals surface area contributed by atoms with Crippen molar-refractivity contribution >= 4 is 56.6 Å². The monoisotopic (exact) mass is 483 g/mol. The van der Waals surface area contributed by atoms with E-state index in [1.165, 1.54) is 12.1 Å². The Hall–Kier alpha value is -3.57. The second-order valence-corrected chi connectivity index (χ2v) is 9.04. The first-order valence-electron chi connectivity index (χ1n) is 10.3. The minimum atomic E-state index is -0.519. The molecule has 10 nitrogen and oxygen atoms in total. The number of fused-ring (bicyclic) bond motifs is 1. The quantitative estimate of drug-likeness (QED) is 0.323. The molecule has 1 fully saturated rings. The number of rotatable bonds is 5. The molecule has 0 saturated carbocycles. The Morgan fingerprint density at radius 2 is 1.85 bits per heavy atom. The number of benzene rings is 1. The number of anilines is 2. The van der Waals surface area contributed by atoms with Gasteiger partial charge in [0, 0.05) is 24.2 Å². The molecule has 1 aliphatic rings. The Morgan fingerprint density at radius 3 is 2.55 bits per heavy atom. The van der Waals surface area contributed by atoms with Crippen molar-refractivity contribution in [2.24, 2.45) is 0 Å². The molecule has 1 N–H and O–H groups in total. The number of halogens is 1. The molecule has 0 spiro atoms. The maximum atomic E-state index is 12.9. The lowest BCUT2D eigenvalue weighted by atomic mass is 10.1. The minimum absolute atomic E-state index is 0.0995. The zero-order valence-electron chi connectivity index (χ0n) is 17.3. The standard InChI is InChI=1S/C21H18ClN7O3S/c22-13-4-6-14(7-5-13)28-19-15(12-23-28)18(25-21(26-19)27-10-2-1-3-11-27)24-20(30)16-8-9-17(33-16)29(31)32/h4-9,12H,1-3,10-11H2,(H,24,25,26,30). The van der Waals surface area contributed by atoms with Crippen molar-refractivity contribution in [3.63, 3.8) is 0 Å². The van der Waals surface area contributed by atoms with Crippen LogP contribution in [0.15, 0.2) is 42.6 Å². The van der Waals surface area contributed by atoms with Gasteiger partial charge in [0.05, 0.1) is 27.1 Å². The van der Waals surface area contributed by atoms with Gasteiger partial charge in [-0.05, 0) is 49.6 Å². The average Bonchev–Trinajstić information content (AvgIpc) is 3.48. The van der Waals surface area contributed by atoms with Crippen LogP contribution >= 0.6 is 22.9 Å². The number of nitro groups is 1. The lowest BCUT2D eigenvalue weighted by Gasteiger charge is -2.27. The summed E-state index contributed by atoms with van der Waals surface area (Å²) in [4.78, 5) is 35.0. The van der Waals surface area contributed by atoms with Crippen LogP contribution in [0, 0.1) is 10.1 Å². The van der Waals surface area contributed by atoms with Crippen LogP contribution in [0.3, 0.4) is 0 Å². The molecule has 1 aliphatic heterocycles. The van der Waals surface area contributed by atoms with Crippen molar-refractivity contribution in [2.75, 3.05) is 23.3 Å². The van der Waals surface area contributed by atoms with Crippen LogP contribution in [-0.2, 0) is 0 Å². The van der Waals surface area contributed by atoms with E-state index in [9.17, 15) is 14.9 Å². The van der Waals surface area contributed by atoms with E-state index in [-0.39, 0.29) is 9.88 Å². The third-order valence-corrected chi connectivity index (χ3v) is 6.64. The van der Waals surface area contributed by atoms with Crippen LogP contribution in [-0.4, -0.2) is 43.7 Å². The molecule has 12 heteroatoms. The SMILES string of the molecule is O=C(Nc1nc(N2CCCCC2)nc2c1cnn2-c1ccc(Cl)cc1)c1ccc([N+](=O)[O-])s1. The highest BCUT2D eigenvalue weighted by Gasteiger charge is 2.22. The van der Waals surface area contributed by atoms with Crippen LogP contribution in [0.5, 0.6) is 0 Å². The predicted molar refractivity (Wildman–Crippen MR) is 127 cm³/mol. The van der Waals surface area contributed by atoms with Crippen LogP contribution in [0.4, 0.5) is 16.8 Å². The van der Waals surface area contributed by atoms with Crippen LogP contribution < -0.4 is 10.2 Å². The Morgan fingerprint density at radius 1 is 1.09 bits per heavy atom. The number of nitrogens with one attached hydrogen (secondary N) is 1. The molecule has 0 unspecified atom stereocenters. The molecule has 0 bridgehead atoms. The number of nitrogens with zero attached hydrogens (tertiary/aromatic N) is 6. The average molecular weight is 484 g/mol. The van der Waals surface area contributed by atoms with Crippen molar-refractivity contribution in [2.45, 2.75) is 19.3 Å². The molecule has 0 atom stereocenters. The fourth-order valence-electron chi connectivity index (χ4n) is 3.72. The first-order chi connectivity index (χ1) is 16.0.